The van der Waals surface area contributed by atoms with Gasteiger partial charge in [0, 0.05) is 25.6 Å². The number of rotatable bonds is 9. The third-order valence-electron chi connectivity index (χ3n) is 3.96. The van der Waals surface area contributed by atoms with Crippen molar-refractivity contribution in [2.45, 2.75) is 66.0 Å². The second-order valence-corrected chi connectivity index (χ2v) is 8.21. The van der Waals surface area contributed by atoms with Crippen LogP contribution in [0.3, 0.4) is 0 Å². The molecule has 1 rings (SSSR count). The summed E-state index contributed by atoms with van der Waals surface area (Å²) in [5.41, 5.74) is -0.531. The van der Waals surface area contributed by atoms with Crippen molar-refractivity contribution in [2.24, 2.45) is 16.8 Å². The Kier molecular flexibility index (Phi) is 9.38. The number of hydrogen-bond donors (Lipinski definition) is 4. The smallest absolute Gasteiger partial charge is 0.407 e. The van der Waals surface area contributed by atoms with Crippen LogP contribution in [0.25, 0.3) is 0 Å². The first-order chi connectivity index (χ1) is 12.6. The van der Waals surface area contributed by atoms with Crippen LogP contribution in [0, 0.1) is 11.8 Å². The summed E-state index contributed by atoms with van der Waals surface area (Å²) >= 11 is 0. The summed E-state index contributed by atoms with van der Waals surface area (Å²) in [4.78, 5) is 28.2. The number of hydrogen-bond acceptors (Lipinski definition) is 4. The number of amides is 2. The Morgan fingerprint density at radius 1 is 1.11 bits per heavy atom. The number of nitrogens with one attached hydrogen (secondary N) is 4. The Balaban J connectivity index is 2.47. The Bertz CT molecular complexity index is 510. The minimum absolute atomic E-state index is 0.134. The van der Waals surface area contributed by atoms with Gasteiger partial charge >= 0.3 is 6.09 Å². The fraction of sp³-hybridized carbons (Fsp3) is 0.842. The highest BCUT2D eigenvalue weighted by atomic mass is 16.6. The predicted molar refractivity (Wildman–Crippen MR) is 108 cm³/mol. The van der Waals surface area contributed by atoms with Gasteiger partial charge in [-0.2, -0.15) is 0 Å². The largest absolute Gasteiger partial charge is 0.444 e. The van der Waals surface area contributed by atoms with Gasteiger partial charge in [0.2, 0.25) is 5.91 Å². The van der Waals surface area contributed by atoms with Crippen LogP contribution in [0.2, 0.25) is 0 Å². The third kappa shape index (κ3) is 10.7. The SMILES string of the molecule is CCNC(=NCC(NC(=O)OC(C)(C)C)C(C)C)NCCNC(=O)C1CC1. The standard InChI is InChI=1S/C19H37N5O3/c1-7-20-17(22-11-10-21-16(25)14-8-9-14)23-12-15(13(2)3)24-18(26)27-19(4,5)6/h13-15H,7-12H2,1-6H3,(H,21,25)(H,24,26)(H2,20,22,23). The van der Waals surface area contributed by atoms with Crippen LogP contribution in [-0.2, 0) is 9.53 Å². The molecule has 1 unspecified atom stereocenters. The molecule has 0 saturated heterocycles. The fourth-order valence-electron chi connectivity index (χ4n) is 2.27. The highest BCUT2D eigenvalue weighted by Crippen LogP contribution is 2.28. The van der Waals surface area contributed by atoms with E-state index < -0.39 is 11.7 Å². The normalized spacial score (nSPS) is 15.9. The van der Waals surface area contributed by atoms with Gasteiger partial charge < -0.3 is 26.0 Å². The monoisotopic (exact) mass is 383 g/mol. The number of alkyl carbamates (subject to hydrolysis) is 1. The molecule has 27 heavy (non-hydrogen) atoms. The van der Waals surface area contributed by atoms with Crippen LogP contribution in [0.1, 0.15) is 54.4 Å². The van der Waals surface area contributed by atoms with Crippen molar-refractivity contribution in [1.29, 1.82) is 0 Å². The number of nitrogens with zero attached hydrogens (tertiary/aromatic N) is 1. The zero-order valence-electron chi connectivity index (χ0n) is 17.6. The molecule has 2 amide bonds. The van der Waals surface area contributed by atoms with Crippen molar-refractivity contribution in [3.63, 3.8) is 0 Å². The minimum Gasteiger partial charge on any atom is -0.444 e. The first-order valence-corrected chi connectivity index (χ1v) is 9.91. The highest BCUT2D eigenvalue weighted by molar-refractivity contribution is 5.81. The molecule has 0 aromatic carbocycles. The van der Waals surface area contributed by atoms with E-state index in [9.17, 15) is 9.59 Å². The van der Waals surface area contributed by atoms with Gasteiger partial charge in [0.15, 0.2) is 5.96 Å². The van der Waals surface area contributed by atoms with Gasteiger partial charge in [0.1, 0.15) is 5.60 Å². The minimum atomic E-state index is -0.531. The van der Waals surface area contributed by atoms with Crippen LogP contribution in [0.5, 0.6) is 0 Å². The zero-order valence-corrected chi connectivity index (χ0v) is 17.6. The quantitative estimate of drug-likeness (QED) is 0.275. The Hall–Kier alpha value is -1.99. The molecule has 156 valence electrons. The lowest BCUT2D eigenvalue weighted by Gasteiger charge is -2.25. The van der Waals surface area contributed by atoms with Crippen molar-refractivity contribution >= 4 is 18.0 Å². The summed E-state index contributed by atoms with van der Waals surface area (Å²) < 4.78 is 5.33. The van der Waals surface area contributed by atoms with E-state index in [-0.39, 0.29) is 23.8 Å². The Labute approximate surface area is 163 Å². The molecule has 0 aliphatic heterocycles. The number of guanidine groups is 1. The summed E-state index contributed by atoms with van der Waals surface area (Å²) in [5, 5.41) is 12.2. The van der Waals surface area contributed by atoms with Crippen LogP contribution < -0.4 is 21.3 Å². The van der Waals surface area contributed by atoms with E-state index in [0.717, 1.165) is 19.4 Å². The molecule has 0 aromatic heterocycles. The van der Waals surface area contributed by atoms with Crippen molar-refractivity contribution < 1.29 is 14.3 Å². The average Bonchev–Trinajstić information content (AvgIpc) is 3.37. The molecular formula is C19H37N5O3. The van der Waals surface area contributed by atoms with Crippen LogP contribution >= 0.6 is 0 Å². The second kappa shape index (κ2) is 11.0. The summed E-state index contributed by atoms with van der Waals surface area (Å²) in [6, 6.07) is -0.134. The first kappa shape index (κ1) is 23.0. The van der Waals surface area contributed by atoms with Crippen LogP contribution in [0.4, 0.5) is 4.79 Å². The van der Waals surface area contributed by atoms with Gasteiger partial charge in [-0.05, 0) is 46.5 Å². The first-order valence-electron chi connectivity index (χ1n) is 9.91. The lowest BCUT2D eigenvalue weighted by atomic mass is 10.1. The van der Waals surface area contributed by atoms with E-state index in [1.54, 1.807) is 0 Å². The van der Waals surface area contributed by atoms with Gasteiger partial charge in [-0.1, -0.05) is 13.8 Å². The van der Waals surface area contributed by atoms with Crippen LogP contribution in [0.15, 0.2) is 4.99 Å². The summed E-state index contributed by atoms with van der Waals surface area (Å²) in [6.45, 7) is 13.9. The molecule has 8 nitrogen and oxygen atoms in total. The summed E-state index contributed by atoms with van der Waals surface area (Å²) in [6.07, 6.45) is 1.58. The van der Waals surface area contributed by atoms with Gasteiger partial charge in [0.05, 0.1) is 12.6 Å². The molecule has 0 spiro atoms. The summed E-state index contributed by atoms with van der Waals surface area (Å²) in [5.74, 6) is 1.23. The number of carbonyl (C=O) groups excluding carboxylic acids is 2. The van der Waals surface area contributed by atoms with Crippen molar-refractivity contribution in [3.05, 3.63) is 0 Å². The van der Waals surface area contributed by atoms with E-state index in [2.05, 4.69) is 26.3 Å². The van der Waals surface area contributed by atoms with E-state index in [4.69, 9.17) is 4.74 Å². The van der Waals surface area contributed by atoms with Gasteiger partial charge in [-0.3, -0.25) is 9.79 Å². The molecule has 4 N–H and O–H groups in total. The molecule has 0 radical (unpaired) electrons. The molecule has 1 saturated carbocycles. The number of carbonyl (C=O) groups is 2. The lowest BCUT2D eigenvalue weighted by Crippen LogP contribution is -2.45. The molecule has 0 bridgehead atoms. The maximum Gasteiger partial charge on any atom is 0.407 e. The highest BCUT2D eigenvalue weighted by Gasteiger charge is 2.29. The van der Waals surface area contributed by atoms with E-state index in [1.807, 2.05) is 41.5 Å². The molecule has 1 fully saturated rings. The third-order valence-corrected chi connectivity index (χ3v) is 3.96. The van der Waals surface area contributed by atoms with E-state index in [1.165, 1.54) is 0 Å². The number of aliphatic imine (C=N–C) groups is 1. The van der Waals surface area contributed by atoms with Crippen LogP contribution in [-0.4, -0.2) is 55.8 Å². The number of ether oxygens (including phenoxy) is 1. The van der Waals surface area contributed by atoms with E-state index in [0.29, 0.717) is 25.6 Å². The molecule has 0 heterocycles. The van der Waals surface area contributed by atoms with Crippen molar-refractivity contribution in [2.75, 3.05) is 26.2 Å². The zero-order chi connectivity index (χ0) is 20.4. The van der Waals surface area contributed by atoms with Gasteiger partial charge in [-0.25, -0.2) is 4.79 Å². The molecule has 1 aliphatic carbocycles. The maximum atomic E-state index is 12.0. The summed E-state index contributed by atoms with van der Waals surface area (Å²) in [7, 11) is 0. The topological polar surface area (TPSA) is 104 Å². The average molecular weight is 384 g/mol. The predicted octanol–water partition coefficient (Wildman–Crippen LogP) is 1.62. The van der Waals surface area contributed by atoms with Gasteiger partial charge in [-0.15, -0.1) is 0 Å². The maximum absolute atomic E-state index is 12.0. The van der Waals surface area contributed by atoms with Crippen molar-refractivity contribution in [1.82, 2.24) is 21.3 Å². The molecule has 1 aliphatic rings. The lowest BCUT2D eigenvalue weighted by molar-refractivity contribution is -0.122. The molecule has 1 atom stereocenters. The molecule has 0 aromatic rings. The van der Waals surface area contributed by atoms with E-state index >= 15 is 0 Å². The Morgan fingerprint density at radius 3 is 2.26 bits per heavy atom. The molecule has 8 heteroatoms. The molecular weight excluding hydrogens is 346 g/mol. The van der Waals surface area contributed by atoms with Crippen molar-refractivity contribution in [3.8, 4) is 0 Å². The Morgan fingerprint density at radius 2 is 1.74 bits per heavy atom. The second-order valence-electron chi connectivity index (χ2n) is 8.21. The van der Waals surface area contributed by atoms with Gasteiger partial charge in [0.25, 0.3) is 0 Å². The fourth-order valence-corrected chi connectivity index (χ4v) is 2.27.